The number of nitrogens with zero attached hydrogens (tertiary/aromatic N) is 5. The standard InChI is InChI=1S/C50H34N6/c1-3-15-33(16-4-1)48-54-49(34-17-5-2-6-18-34)56-50(55-48)43-28-27-42(38-19-7-8-20-41(38)43)40-24-14-22-37-36(21-13-23-39(37)40)35-31-46(44-25-9-11-29-51-44)53-47(32-35)45-26-10-12-30-52-45/h1-32,46,53H. The Morgan fingerprint density at radius 1 is 0.393 bits per heavy atom. The monoisotopic (exact) mass is 718 g/mol. The molecule has 9 aromatic rings. The lowest BCUT2D eigenvalue weighted by Gasteiger charge is -2.25. The average Bonchev–Trinajstić information content (AvgIpc) is 3.29. The first-order valence-corrected chi connectivity index (χ1v) is 18.7. The van der Waals surface area contributed by atoms with Crippen LogP contribution < -0.4 is 5.32 Å². The molecule has 0 bridgehead atoms. The lowest BCUT2D eigenvalue weighted by atomic mass is 9.88. The molecule has 10 rings (SSSR count). The molecule has 0 saturated carbocycles. The van der Waals surface area contributed by atoms with Crippen LogP contribution in [0.1, 0.15) is 23.0 Å². The number of fused-ring (bicyclic) bond motifs is 2. The van der Waals surface area contributed by atoms with Crippen LogP contribution in [0.25, 0.3) is 78.1 Å². The van der Waals surface area contributed by atoms with Gasteiger partial charge in [-0.1, -0.05) is 140 Å². The molecular formula is C50H34N6. The summed E-state index contributed by atoms with van der Waals surface area (Å²) < 4.78 is 0. The molecule has 0 radical (unpaired) electrons. The van der Waals surface area contributed by atoms with E-state index in [4.69, 9.17) is 19.9 Å². The van der Waals surface area contributed by atoms with Crippen LogP contribution in [-0.2, 0) is 0 Å². The maximum Gasteiger partial charge on any atom is 0.164 e. The van der Waals surface area contributed by atoms with Gasteiger partial charge >= 0.3 is 0 Å². The minimum atomic E-state index is -0.122. The summed E-state index contributed by atoms with van der Waals surface area (Å²) in [5, 5.41) is 8.21. The number of rotatable bonds is 7. The predicted molar refractivity (Wildman–Crippen MR) is 227 cm³/mol. The second-order valence-electron chi connectivity index (χ2n) is 13.7. The summed E-state index contributed by atoms with van der Waals surface area (Å²) in [4.78, 5) is 24.5. The van der Waals surface area contributed by atoms with E-state index in [0.717, 1.165) is 66.8 Å². The zero-order chi connectivity index (χ0) is 37.3. The van der Waals surface area contributed by atoms with Crippen molar-refractivity contribution in [3.8, 4) is 45.3 Å². The van der Waals surface area contributed by atoms with Crippen LogP contribution in [0.5, 0.6) is 0 Å². The summed E-state index contributed by atoms with van der Waals surface area (Å²) in [6.45, 7) is 0. The molecule has 1 atom stereocenters. The Bertz CT molecular complexity index is 2870. The van der Waals surface area contributed by atoms with Gasteiger partial charge in [0.1, 0.15) is 0 Å². The van der Waals surface area contributed by atoms with Crippen LogP contribution in [-0.4, -0.2) is 24.9 Å². The molecule has 1 aliphatic rings. The van der Waals surface area contributed by atoms with E-state index < -0.39 is 0 Å². The van der Waals surface area contributed by atoms with Gasteiger partial charge in [0.2, 0.25) is 0 Å². The van der Waals surface area contributed by atoms with Crippen LogP contribution in [0.4, 0.5) is 0 Å². The minimum Gasteiger partial charge on any atom is -0.371 e. The molecule has 1 N–H and O–H groups in total. The van der Waals surface area contributed by atoms with Crippen molar-refractivity contribution >= 4 is 32.8 Å². The third kappa shape index (κ3) is 6.19. The van der Waals surface area contributed by atoms with Gasteiger partial charge in [-0.05, 0) is 86.3 Å². The Balaban J connectivity index is 1.12. The van der Waals surface area contributed by atoms with Gasteiger partial charge in [0.15, 0.2) is 17.5 Å². The second kappa shape index (κ2) is 14.3. The summed E-state index contributed by atoms with van der Waals surface area (Å²) in [5.41, 5.74) is 10.2. The van der Waals surface area contributed by atoms with Crippen molar-refractivity contribution < 1.29 is 0 Å². The minimum absolute atomic E-state index is 0.122. The Hall–Kier alpha value is -7.57. The van der Waals surface area contributed by atoms with Crippen LogP contribution in [0.15, 0.2) is 194 Å². The number of dihydropyridines is 1. The van der Waals surface area contributed by atoms with E-state index in [0.29, 0.717) is 17.5 Å². The van der Waals surface area contributed by atoms with E-state index in [-0.39, 0.29) is 6.04 Å². The number of hydrogen-bond donors (Lipinski definition) is 1. The third-order valence-corrected chi connectivity index (χ3v) is 10.3. The molecular weight excluding hydrogens is 685 g/mol. The fraction of sp³-hybridized carbons (Fsp3) is 0.0200. The fourth-order valence-corrected chi connectivity index (χ4v) is 7.65. The molecule has 6 aromatic carbocycles. The molecule has 0 spiro atoms. The lowest BCUT2D eigenvalue weighted by Crippen LogP contribution is -2.23. The van der Waals surface area contributed by atoms with Crippen LogP contribution in [0.3, 0.4) is 0 Å². The summed E-state index contributed by atoms with van der Waals surface area (Å²) in [5.74, 6) is 1.92. The number of allylic oxidation sites excluding steroid dienone is 2. The Morgan fingerprint density at radius 3 is 1.55 bits per heavy atom. The van der Waals surface area contributed by atoms with Gasteiger partial charge in [0.05, 0.1) is 23.1 Å². The highest BCUT2D eigenvalue weighted by molar-refractivity contribution is 6.11. The molecule has 1 aliphatic heterocycles. The smallest absolute Gasteiger partial charge is 0.164 e. The van der Waals surface area contributed by atoms with Gasteiger partial charge in [-0.25, -0.2) is 15.0 Å². The van der Waals surface area contributed by atoms with Gasteiger partial charge in [0, 0.05) is 29.1 Å². The van der Waals surface area contributed by atoms with E-state index in [1.165, 1.54) is 10.8 Å². The molecule has 6 nitrogen and oxygen atoms in total. The summed E-state index contributed by atoms with van der Waals surface area (Å²) in [6, 6.07) is 58.2. The number of pyridine rings is 2. The van der Waals surface area contributed by atoms with E-state index in [1.54, 1.807) is 0 Å². The second-order valence-corrected chi connectivity index (χ2v) is 13.7. The van der Waals surface area contributed by atoms with Gasteiger partial charge < -0.3 is 5.32 Å². The zero-order valence-corrected chi connectivity index (χ0v) is 30.3. The van der Waals surface area contributed by atoms with E-state index >= 15 is 0 Å². The number of hydrogen-bond acceptors (Lipinski definition) is 6. The van der Waals surface area contributed by atoms with Crippen molar-refractivity contribution in [2.75, 3.05) is 0 Å². The predicted octanol–water partition coefficient (Wildman–Crippen LogP) is 11.4. The highest BCUT2D eigenvalue weighted by atomic mass is 15.0. The first-order chi connectivity index (χ1) is 27.8. The van der Waals surface area contributed by atoms with Crippen LogP contribution >= 0.6 is 0 Å². The molecule has 3 aromatic heterocycles. The highest BCUT2D eigenvalue weighted by Crippen LogP contribution is 2.41. The summed E-state index contributed by atoms with van der Waals surface area (Å²) in [6.07, 6.45) is 8.14. The van der Waals surface area contributed by atoms with Crippen molar-refractivity contribution in [1.29, 1.82) is 0 Å². The van der Waals surface area contributed by atoms with E-state index in [9.17, 15) is 0 Å². The maximum atomic E-state index is 5.07. The molecule has 264 valence electrons. The van der Waals surface area contributed by atoms with Crippen LogP contribution in [0.2, 0.25) is 0 Å². The van der Waals surface area contributed by atoms with Gasteiger partial charge in [0.25, 0.3) is 0 Å². The quantitative estimate of drug-likeness (QED) is 0.177. The molecule has 1 unspecified atom stereocenters. The molecule has 0 saturated heterocycles. The van der Waals surface area contributed by atoms with E-state index in [1.807, 2.05) is 103 Å². The number of aromatic nitrogens is 5. The topological polar surface area (TPSA) is 76.5 Å². The molecule has 0 amide bonds. The van der Waals surface area contributed by atoms with Gasteiger partial charge in [-0.15, -0.1) is 0 Å². The van der Waals surface area contributed by atoms with Crippen molar-refractivity contribution in [2.45, 2.75) is 6.04 Å². The first kappa shape index (κ1) is 33.0. The first-order valence-electron chi connectivity index (χ1n) is 18.7. The molecule has 4 heterocycles. The molecule has 56 heavy (non-hydrogen) atoms. The summed E-state index contributed by atoms with van der Waals surface area (Å²) in [7, 11) is 0. The lowest BCUT2D eigenvalue weighted by molar-refractivity contribution is 0.736. The molecule has 6 heteroatoms. The van der Waals surface area contributed by atoms with Crippen molar-refractivity contribution in [1.82, 2.24) is 30.2 Å². The van der Waals surface area contributed by atoms with Crippen molar-refractivity contribution in [3.05, 3.63) is 211 Å². The third-order valence-electron chi connectivity index (χ3n) is 10.3. The molecule has 0 aliphatic carbocycles. The SMILES string of the molecule is C1=C(c2ccccn2)NC(c2ccccn2)C=C1c1cccc2c(-c3ccc(-c4nc(-c5ccccc5)nc(-c5ccccc5)n4)c4ccccc34)cccc12. The number of nitrogens with one attached hydrogen (secondary N) is 1. The van der Waals surface area contributed by atoms with Crippen molar-refractivity contribution in [3.63, 3.8) is 0 Å². The molecule has 0 fully saturated rings. The normalized spacial score (nSPS) is 13.9. The Labute approximate surface area is 324 Å². The number of benzene rings is 6. The van der Waals surface area contributed by atoms with E-state index in [2.05, 4.69) is 101 Å². The van der Waals surface area contributed by atoms with Crippen LogP contribution in [0, 0.1) is 0 Å². The zero-order valence-electron chi connectivity index (χ0n) is 30.3. The van der Waals surface area contributed by atoms with Gasteiger partial charge in [-0.2, -0.15) is 0 Å². The van der Waals surface area contributed by atoms with Gasteiger partial charge in [-0.3, -0.25) is 9.97 Å². The Morgan fingerprint density at radius 2 is 0.911 bits per heavy atom. The largest absolute Gasteiger partial charge is 0.371 e. The summed E-state index contributed by atoms with van der Waals surface area (Å²) >= 11 is 0. The average molecular weight is 719 g/mol. The van der Waals surface area contributed by atoms with Crippen molar-refractivity contribution in [2.24, 2.45) is 0 Å². The maximum absolute atomic E-state index is 5.07. The highest BCUT2D eigenvalue weighted by Gasteiger charge is 2.22. The fourth-order valence-electron chi connectivity index (χ4n) is 7.65. The Kier molecular flexibility index (Phi) is 8.46.